The van der Waals surface area contributed by atoms with Crippen LogP contribution in [0.4, 0.5) is 4.39 Å². The van der Waals surface area contributed by atoms with Crippen LogP contribution in [0.5, 0.6) is 5.75 Å². The molecule has 1 atom stereocenters. The number of nitrogens with zero attached hydrogens (tertiary/aromatic N) is 1. The summed E-state index contributed by atoms with van der Waals surface area (Å²) in [5, 5.41) is 9.37. The molecule has 0 saturated carbocycles. The molecule has 2 aromatic carbocycles. The fourth-order valence-corrected chi connectivity index (χ4v) is 2.29. The molecule has 1 unspecified atom stereocenters. The summed E-state index contributed by atoms with van der Waals surface area (Å²) in [5.74, 6) is -0.245. The highest BCUT2D eigenvalue weighted by Gasteiger charge is 2.24. The minimum Gasteiger partial charge on any atom is -0.489 e. The fraction of sp³-hybridized carbons (Fsp3) is 0.133. The van der Waals surface area contributed by atoms with E-state index in [1.165, 1.54) is 12.1 Å². The second kappa shape index (κ2) is 4.15. The summed E-state index contributed by atoms with van der Waals surface area (Å²) in [6, 6.07) is 14.2. The number of hydrogen-bond donors (Lipinski definition) is 0. The number of hydrogen-bond acceptors (Lipinski definition) is 2. The summed E-state index contributed by atoms with van der Waals surface area (Å²) in [4.78, 5) is 0. The Balaban J connectivity index is 2.24. The lowest BCUT2D eigenvalue weighted by Gasteiger charge is -2.11. The molecule has 88 valence electrons. The first-order chi connectivity index (χ1) is 8.79. The van der Waals surface area contributed by atoms with Crippen LogP contribution in [0.25, 0.3) is 0 Å². The van der Waals surface area contributed by atoms with Gasteiger partial charge in [0.15, 0.2) is 0 Å². The van der Waals surface area contributed by atoms with Crippen molar-refractivity contribution in [1.82, 2.24) is 0 Å². The van der Waals surface area contributed by atoms with Crippen LogP contribution in [0.2, 0.25) is 0 Å². The van der Waals surface area contributed by atoms with Crippen molar-refractivity contribution >= 4 is 0 Å². The third kappa shape index (κ3) is 1.63. The number of nitriles is 1. The van der Waals surface area contributed by atoms with E-state index in [-0.39, 0.29) is 5.82 Å². The predicted octanol–water partition coefficient (Wildman–Crippen LogP) is 3.37. The quantitative estimate of drug-likeness (QED) is 0.706. The smallest absolute Gasteiger partial charge is 0.124 e. The van der Waals surface area contributed by atoms with Gasteiger partial charge in [0.1, 0.15) is 24.1 Å². The predicted molar refractivity (Wildman–Crippen MR) is 64.6 cm³/mol. The average molecular weight is 239 g/mol. The van der Waals surface area contributed by atoms with Gasteiger partial charge in [0.05, 0.1) is 6.07 Å². The maximum Gasteiger partial charge on any atom is 0.124 e. The lowest BCUT2D eigenvalue weighted by Crippen LogP contribution is -2.00. The third-order valence-electron chi connectivity index (χ3n) is 3.16. The Labute approximate surface area is 104 Å². The van der Waals surface area contributed by atoms with E-state index in [2.05, 4.69) is 6.07 Å². The van der Waals surface area contributed by atoms with Crippen LogP contribution in [0.1, 0.15) is 22.6 Å². The second-order valence-electron chi connectivity index (χ2n) is 4.23. The standard InChI is InChI=1S/C15H10FNO/c16-11-5-6-15-13(7-11)14(8-17)12-4-2-1-3-10(12)9-18-15/h1-7,14H,9H2. The van der Waals surface area contributed by atoms with Crippen LogP contribution < -0.4 is 4.74 Å². The van der Waals surface area contributed by atoms with Gasteiger partial charge in [-0.1, -0.05) is 24.3 Å². The molecule has 0 aliphatic carbocycles. The van der Waals surface area contributed by atoms with E-state index in [0.29, 0.717) is 17.9 Å². The third-order valence-corrected chi connectivity index (χ3v) is 3.16. The van der Waals surface area contributed by atoms with Crippen LogP contribution >= 0.6 is 0 Å². The van der Waals surface area contributed by atoms with Crippen LogP contribution in [0.15, 0.2) is 42.5 Å². The summed E-state index contributed by atoms with van der Waals surface area (Å²) >= 11 is 0. The number of rotatable bonds is 0. The first-order valence-corrected chi connectivity index (χ1v) is 5.69. The maximum absolute atomic E-state index is 13.3. The highest BCUT2D eigenvalue weighted by atomic mass is 19.1. The van der Waals surface area contributed by atoms with Crippen molar-refractivity contribution in [3.63, 3.8) is 0 Å². The molecule has 0 bridgehead atoms. The van der Waals surface area contributed by atoms with Crippen molar-refractivity contribution in [2.24, 2.45) is 0 Å². The Hall–Kier alpha value is -2.34. The molecule has 3 heteroatoms. The summed E-state index contributed by atoms with van der Waals surface area (Å²) in [6.07, 6.45) is 0. The number of ether oxygens (including phenoxy) is 1. The Morgan fingerprint density at radius 1 is 1.17 bits per heavy atom. The lowest BCUT2D eigenvalue weighted by atomic mass is 9.90. The van der Waals surface area contributed by atoms with Crippen molar-refractivity contribution < 1.29 is 9.13 Å². The van der Waals surface area contributed by atoms with Gasteiger partial charge < -0.3 is 4.74 Å². The van der Waals surface area contributed by atoms with E-state index in [0.717, 1.165) is 11.1 Å². The molecule has 0 saturated heterocycles. The van der Waals surface area contributed by atoms with Crippen LogP contribution in [-0.4, -0.2) is 0 Å². The van der Waals surface area contributed by atoms with Gasteiger partial charge in [-0.05, 0) is 29.3 Å². The van der Waals surface area contributed by atoms with Crippen LogP contribution in [-0.2, 0) is 6.61 Å². The molecule has 1 heterocycles. The van der Waals surface area contributed by atoms with E-state index >= 15 is 0 Å². The highest BCUT2D eigenvalue weighted by Crippen LogP contribution is 2.37. The van der Waals surface area contributed by atoms with Gasteiger partial charge in [-0.15, -0.1) is 0 Å². The van der Waals surface area contributed by atoms with Gasteiger partial charge in [0, 0.05) is 5.56 Å². The van der Waals surface area contributed by atoms with E-state index in [1.54, 1.807) is 6.07 Å². The Bertz CT molecular complexity index is 645. The van der Waals surface area contributed by atoms with Crippen LogP contribution in [0, 0.1) is 17.1 Å². The molecular weight excluding hydrogens is 229 g/mol. The van der Waals surface area contributed by atoms with Gasteiger partial charge >= 0.3 is 0 Å². The van der Waals surface area contributed by atoms with E-state index in [9.17, 15) is 9.65 Å². The van der Waals surface area contributed by atoms with Crippen molar-refractivity contribution in [3.8, 4) is 11.8 Å². The topological polar surface area (TPSA) is 33.0 Å². The van der Waals surface area contributed by atoms with E-state index in [1.807, 2.05) is 24.3 Å². The maximum atomic E-state index is 13.3. The van der Waals surface area contributed by atoms with Gasteiger partial charge in [0.2, 0.25) is 0 Å². The second-order valence-corrected chi connectivity index (χ2v) is 4.23. The molecule has 18 heavy (non-hydrogen) atoms. The molecule has 1 aliphatic rings. The first-order valence-electron chi connectivity index (χ1n) is 5.69. The summed E-state index contributed by atoms with van der Waals surface area (Å²) in [6.45, 7) is 0.410. The van der Waals surface area contributed by atoms with Crippen molar-refractivity contribution in [3.05, 3.63) is 65.0 Å². The van der Waals surface area contributed by atoms with Crippen LogP contribution in [0.3, 0.4) is 0 Å². The molecular formula is C15H10FNO. The van der Waals surface area contributed by atoms with Crippen molar-refractivity contribution in [2.45, 2.75) is 12.5 Å². The fourth-order valence-electron chi connectivity index (χ4n) is 2.29. The molecule has 0 amide bonds. The molecule has 0 spiro atoms. The Morgan fingerprint density at radius 2 is 2.00 bits per heavy atom. The molecule has 0 N–H and O–H groups in total. The molecule has 3 rings (SSSR count). The molecule has 0 radical (unpaired) electrons. The highest BCUT2D eigenvalue weighted by molar-refractivity contribution is 5.50. The van der Waals surface area contributed by atoms with E-state index in [4.69, 9.17) is 4.74 Å². The minimum atomic E-state index is -0.477. The van der Waals surface area contributed by atoms with Crippen molar-refractivity contribution in [1.29, 1.82) is 5.26 Å². The first kappa shape index (κ1) is 10.8. The average Bonchev–Trinajstić information content (AvgIpc) is 2.54. The summed E-state index contributed by atoms with van der Waals surface area (Å²) in [5.41, 5.74) is 2.47. The lowest BCUT2D eigenvalue weighted by molar-refractivity contribution is 0.306. The van der Waals surface area contributed by atoms with Gasteiger partial charge in [-0.25, -0.2) is 4.39 Å². The molecule has 0 aromatic heterocycles. The molecule has 2 nitrogen and oxygen atoms in total. The van der Waals surface area contributed by atoms with Crippen molar-refractivity contribution in [2.75, 3.05) is 0 Å². The minimum absolute atomic E-state index is 0.350. The molecule has 1 aliphatic heterocycles. The number of fused-ring (bicyclic) bond motifs is 2. The van der Waals surface area contributed by atoms with Gasteiger partial charge in [-0.2, -0.15) is 5.26 Å². The Kier molecular flexibility index (Phi) is 2.49. The zero-order valence-electron chi connectivity index (χ0n) is 9.56. The summed E-state index contributed by atoms with van der Waals surface area (Å²) < 4.78 is 19.0. The monoisotopic (exact) mass is 239 g/mol. The van der Waals surface area contributed by atoms with E-state index < -0.39 is 5.92 Å². The summed E-state index contributed by atoms with van der Waals surface area (Å²) in [7, 11) is 0. The van der Waals surface area contributed by atoms with Gasteiger partial charge in [0.25, 0.3) is 0 Å². The molecule has 0 fully saturated rings. The van der Waals surface area contributed by atoms with Gasteiger partial charge in [-0.3, -0.25) is 0 Å². The normalized spacial score (nSPS) is 16.8. The zero-order chi connectivity index (χ0) is 12.5. The Morgan fingerprint density at radius 3 is 2.83 bits per heavy atom. The SMILES string of the molecule is N#CC1c2ccccc2COc2ccc(F)cc21. The number of benzene rings is 2. The largest absolute Gasteiger partial charge is 0.489 e. The number of halogens is 1. The molecule has 2 aromatic rings. The zero-order valence-corrected chi connectivity index (χ0v) is 9.56.